The summed E-state index contributed by atoms with van der Waals surface area (Å²) in [6.07, 6.45) is 3.59. The summed E-state index contributed by atoms with van der Waals surface area (Å²) in [5, 5.41) is 14.4. The average molecular weight is 433 g/mol. The van der Waals surface area contributed by atoms with Gasteiger partial charge < -0.3 is 10.0 Å². The van der Waals surface area contributed by atoms with Gasteiger partial charge in [0.1, 0.15) is 18.0 Å². The molecule has 2 aliphatic heterocycles. The average Bonchev–Trinajstić information content (AvgIpc) is 3.23. The van der Waals surface area contributed by atoms with Crippen LogP contribution in [-0.4, -0.2) is 51.3 Å². The van der Waals surface area contributed by atoms with Crippen LogP contribution in [0.1, 0.15) is 41.4 Å². The van der Waals surface area contributed by atoms with Crippen molar-refractivity contribution in [3.05, 3.63) is 53.2 Å². The Morgan fingerprint density at radius 1 is 1.03 bits per heavy atom. The standard InChI is InChI=1S/C20H18F3N5O3/c21-13-7-12(8-14(22)9-13)15-1-4-26-28(15)19(29)11-2-5-27(6-3-11)18-16(23)17(20(30)31)24-10-25-18/h4,7-11,15H,1-3,5-6H2,(H,30,31)/t15-/m0/s1. The van der Waals surface area contributed by atoms with E-state index in [-0.39, 0.29) is 24.8 Å². The van der Waals surface area contributed by atoms with E-state index in [9.17, 15) is 22.8 Å². The minimum atomic E-state index is -1.49. The molecule has 162 valence electrons. The second-order valence-corrected chi connectivity index (χ2v) is 7.36. The Bertz CT molecular complexity index is 1040. The van der Waals surface area contributed by atoms with E-state index in [2.05, 4.69) is 15.1 Å². The van der Waals surface area contributed by atoms with E-state index in [1.165, 1.54) is 23.4 Å². The van der Waals surface area contributed by atoms with Crippen LogP contribution in [0, 0.1) is 23.4 Å². The number of aromatic nitrogens is 2. The van der Waals surface area contributed by atoms with Gasteiger partial charge in [0.25, 0.3) is 0 Å². The zero-order valence-corrected chi connectivity index (χ0v) is 16.2. The molecule has 1 atom stereocenters. The number of carboxylic acids is 1. The zero-order chi connectivity index (χ0) is 22.1. The lowest BCUT2D eigenvalue weighted by molar-refractivity contribution is -0.138. The van der Waals surface area contributed by atoms with Crippen LogP contribution in [-0.2, 0) is 4.79 Å². The first kappa shape index (κ1) is 20.8. The summed E-state index contributed by atoms with van der Waals surface area (Å²) < 4.78 is 41.6. The number of rotatable bonds is 4. The van der Waals surface area contributed by atoms with E-state index in [0.29, 0.717) is 24.8 Å². The number of carbonyl (C=O) groups excluding carboxylic acids is 1. The van der Waals surface area contributed by atoms with Crippen LogP contribution in [0.2, 0.25) is 0 Å². The predicted molar refractivity (Wildman–Crippen MR) is 103 cm³/mol. The molecule has 0 radical (unpaired) electrons. The first-order valence-electron chi connectivity index (χ1n) is 9.65. The molecule has 8 nitrogen and oxygen atoms in total. The molecule has 1 N–H and O–H groups in total. The number of hydrogen-bond acceptors (Lipinski definition) is 6. The van der Waals surface area contributed by atoms with Crippen molar-refractivity contribution in [2.24, 2.45) is 11.0 Å². The van der Waals surface area contributed by atoms with Crippen molar-refractivity contribution in [1.29, 1.82) is 0 Å². The van der Waals surface area contributed by atoms with Crippen LogP contribution >= 0.6 is 0 Å². The summed E-state index contributed by atoms with van der Waals surface area (Å²) in [4.78, 5) is 33.0. The quantitative estimate of drug-likeness (QED) is 0.796. The number of carbonyl (C=O) groups is 2. The fourth-order valence-corrected chi connectivity index (χ4v) is 3.93. The third-order valence-electron chi connectivity index (χ3n) is 5.44. The maximum Gasteiger partial charge on any atom is 0.357 e. The summed E-state index contributed by atoms with van der Waals surface area (Å²) in [6, 6.07) is 2.54. The van der Waals surface area contributed by atoms with Crippen molar-refractivity contribution in [2.75, 3.05) is 18.0 Å². The minimum absolute atomic E-state index is 0.120. The summed E-state index contributed by atoms with van der Waals surface area (Å²) >= 11 is 0. The van der Waals surface area contributed by atoms with Crippen molar-refractivity contribution in [1.82, 2.24) is 15.0 Å². The molecule has 2 aliphatic rings. The van der Waals surface area contributed by atoms with Gasteiger partial charge in [-0.15, -0.1) is 0 Å². The molecule has 4 rings (SSSR count). The highest BCUT2D eigenvalue weighted by atomic mass is 19.1. The molecule has 1 saturated heterocycles. The molecule has 1 aromatic heterocycles. The lowest BCUT2D eigenvalue weighted by Crippen LogP contribution is -2.41. The van der Waals surface area contributed by atoms with Crippen molar-refractivity contribution < 1.29 is 27.9 Å². The topological polar surface area (TPSA) is 99.0 Å². The summed E-state index contributed by atoms with van der Waals surface area (Å²) in [6.45, 7) is 0.556. The molecular weight excluding hydrogens is 415 g/mol. The molecule has 31 heavy (non-hydrogen) atoms. The van der Waals surface area contributed by atoms with Gasteiger partial charge in [-0.2, -0.15) is 5.10 Å². The zero-order valence-electron chi connectivity index (χ0n) is 16.2. The van der Waals surface area contributed by atoms with Gasteiger partial charge in [-0.1, -0.05) is 0 Å². The van der Waals surface area contributed by atoms with Gasteiger partial charge in [0.15, 0.2) is 17.3 Å². The van der Waals surface area contributed by atoms with Crippen LogP contribution in [0.5, 0.6) is 0 Å². The highest BCUT2D eigenvalue weighted by Crippen LogP contribution is 2.33. The lowest BCUT2D eigenvalue weighted by atomic mass is 9.94. The second-order valence-electron chi connectivity index (χ2n) is 7.36. The molecule has 2 aromatic rings. The van der Waals surface area contributed by atoms with Gasteiger partial charge in [0.05, 0.1) is 6.04 Å². The van der Waals surface area contributed by atoms with Gasteiger partial charge in [-0.05, 0) is 30.5 Å². The normalized spacial score (nSPS) is 19.1. The van der Waals surface area contributed by atoms with E-state index >= 15 is 0 Å². The van der Waals surface area contributed by atoms with Crippen LogP contribution in [0.3, 0.4) is 0 Å². The Kier molecular flexibility index (Phi) is 5.57. The molecule has 0 unspecified atom stereocenters. The van der Waals surface area contributed by atoms with Gasteiger partial charge in [-0.3, -0.25) is 4.79 Å². The molecule has 3 heterocycles. The molecule has 1 amide bonds. The number of benzene rings is 1. The monoisotopic (exact) mass is 433 g/mol. The van der Waals surface area contributed by atoms with E-state index in [0.717, 1.165) is 12.4 Å². The number of hydrogen-bond donors (Lipinski definition) is 1. The number of hydrazone groups is 1. The Morgan fingerprint density at radius 3 is 2.35 bits per heavy atom. The molecule has 0 spiro atoms. The smallest absolute Gasteiger partial charge is 0.357 e. The van der Waals surface area contributed by atoms with E-state index < -0.39 is 41.1 Å². The number of anilines is 1. The number of piperidine rings is 1. The number of carboxylic acid groups (broad SMARTS) is 1. The third-order valence-corrected chi connectivity index (χ3v) is 5.44. The van der Waals surface area contributed by atoms with Crippen molar-refractivity contribution in [3.63, 3.8) is 0 Å². The first-order valence-corrected chi connectivity index (χ1v) is 9.65. The number of aromatic carboxylic acids is 1. The maximum atomic E-state index is 14.4. The van der Waals surface area contributed by atoms with E-state index in [4.69, 9.17) is 5.11 Å². The Labute approximate surface area is 175 Å². The fraction of sp³-hybridized carbons (Fsp3) is 0.350. The third kappa shape index (κ3) is 4.07. The van der Waals surface area contributed by atoms with E-state index in [1.807, 2.05) is 0 Å². The number of nitrogens with zero attached hydrogens (tertiary/aromatic N) is 5. The summed E-state index contributed by atoms with van der Waals surface area (Å²) in [5.41, 5.74) is -0.384. The van der Waals surface area contributed by atoms with Crippen LogP contribution in [0.15, 0.2) is 29.6 Å². The molecule has 0 aliphatic carbocycles. The van der Waals surface area contributed by atoms with Crippen LogP contribution < -0.4 is 4.90 Å². The maximum absolute atomic E-state index is 14.4. The van der Waals surface area contributed by atoms with Gasteiger partial charge in [0, 0.05) is 37.7 Å². The Morgan fingerprint density at radius 2 is 1.71 bits per heavy atom. The van der Waals surface area contributed by atoms with Gasteiger partial charge in [-0.25, -0.2) is 32.9 Å². The highest BCUT2D eigenvalue weighted by molar-refractivity contribution is 5.86. The predicted octanol–water partition coefficient (Wildman–Crippen LogP) is 2.77. The number of amides is 1. The summed E-state index contributed by atoms with van der Waals surface area (Å²) in [7, 11) is 0. The van der Waals surface area contributed by atoms with Crippen molar-refractivity contribution in [3.8, 4) is 0 Å². The van der Waals surface area contributed by atoms with Gasteiger partial charge in [0.2, 0.25) is 5.91 Å². The lowest BCUT2D eigenvalue weighted by Gasteiger charge is -2.34. The molecule has 0 saturated carbocycles. The highest BCUT2D eigenvalue weighted by Gasteiger charge is 2.36. The second kappa shape index (κ2) is 8.32. The summed E-state index contributed by atoms with van der Waals surface area (Å²) in [5.74, 6) is -4.78. The molecular formula is C20H18F3N5O3. The van der Waals surface area contributed by atoms with Crippen LogP contribution in [0.4, 0.5) is 19.0 Å². The molecule has 1 fully saturated rings. The van der Waals surface area contributed by atoms with Crippen LogP contribution in [0.25, 0.3) is 0 Å². The number of halogens is 3. The molecule has 0 bridgehead atoms. The van der Waals surface area contributed by atoms with Crippen molar-refractivity contribution >= 4 is 23.9 Å². The minimum Gasteiger partial charge on any atom is -0.476 e. The molecule has 1 aromatic carbocycles. The van der Waals surface area contributed by atoms with Gasteiger partial charge >= 0.3 is 5.97 Å². The Hall–Kier alpha value is -3.50. The largest absolute Gasteiger partial charge is 0.476 e. The fourth-order valence-electron chi connectivity index (χ4n) is 3.93. The SMILES string of the molecule is O=C(O)c1ncnc(N2CCC(C(=O)N3N=CC[C@H]3c3cc(F)cc(F)c3)CC2)c1F. The first-order chi connectivity index (χ1) is 14.8. The van der Waals surface area contributed by atoms with E-state index in [1.54, 1.807) is 4.90 Å². The molecule has 11 heteroatoms. The van der Waals surface area contributed by atoms with Crippen molar-refractivity contribution in [2.45, 2.75) is 25.3 Å². The Balaban J connectivity index is 1.45.